The first-order chi connectivity index (χ1) is 14.8. The maximum atomic E-state index is 13.3. The fraction of sp³-hybridized carbons (Fsp3) is 0.429. The number of rotatable bonds is 6. The first kappa shape index (κ1) is 21.5. The lowest BCUT2D eigenvalue weighted by Gasteiger charge is -2.30. The number of aromatic amines is 2. The minimum atomic E-state index is -3.75. The molecule has 1 saturated heterocycles. The van der Waals surface area contributed by atoms with Gasteiger partial charge in [0.2, 0.25) is 10.0 Å². The number of sulfonamides is 1. The third-order valence-corrected chi connectivity index (χ3v) is 7.68. The van der Waals surface area contributed by atoms with Gasteiger partial charge in [-0.15, -0.1) is 0 Å². The predicted octanol–water partition coefficient (Wildman–Crippen LogP) is 1.95. The second-order valence-electron chi connectivity index (χ2n) is 7.75. The van der Waals surface area contributed by atoms with E-state index in [1.807, 2.05) is 6.92 Å². The first-order valence-corrected chi connectivity index (χ1v) is 11.8. The van der Waals surface area contributed by atoms with Gasteiger partial charge in [0.05, 0.1) is 17.1 Å². The Balaban J connectivity index is 1.85. The standard InChI is InChI=1S/C21H26N4O5S/c1-3-10-30-21(27)16-12-23-19-18(16)15-11-14(4-5-17(15)24-20(19)26)31(28,29)25(2)13-6-8-22-9-7-13/h4-5,11-13,22-23H,3,6-10H2,1-2H3,(H,24,26). The van der Waals surface area contributed by atoms with Crippen molar-refractivity contribution in [3.8, 4) is 0 Å². The van der Waals surface area contributed by atoms with Crippen molar-refractivity contribution in [1.29, 1.82) is 0 Å². The first-order valence-electron chi connectivity index (χ1n) is 10.4. The molecule has 4 rings (SSSR count). The summed E-state index contributed by atoms with van der Waals surface area (Å²) in [7, 11) is -2.15. The van der Waals surface area contributed by atoms with Crippen molar-refractivity contribution in [2.24, 2.45) is 0 Å². The molecule has 0 aliphatic carbocycles. The minimum Gasteiger partial charge on any atom is -0.462 e. The lowest BCUT2D eigenvalue weighted by atomic mass is 10.1. The van der Waals surface area contributed by atoms with Gasteiger partial charge in [-0.25, -0.2) is 13.2 Å². The Labute approximate surface area is 179 Å². The lowest BCUT2D eigenvalue weighted by molar-refractivity contribution is 0.0507. The summed E-state index contributed by atoms with van der Waals surface area (Å²) in [6, 6.07) is 4.49. The van der Waals surface area contributed by atoms with Crippen molar-refractivity contribution in [3.05, 3.63) is 40.3 Å². The summed E-state index contributed by atoms with van der Waals surface area (Å²) in [5, 5.41) is 4.07. The van der Waals surface area contributed by atoms with Crippen molar-refractivity contribution in [2.45, 2.75) is 37.1 Å². The Bertz CT molecular complexity index is 1290. The number of pyridine rings is 1. The Morgan fingerprint density at radius 2 is 2.00 bits per heavy atom. The van der Waals surface area contributed by atoms with Crippen LogP contribution in [0.5, 0.6) is 0 Å². The van der Waals surface area contributed by atoms with E-state index < -0.39 is 16.0 Å². The maximum absolute atomic E-state index is 13.3. The smallest absolute Gasteiger partial charge is 0.340 e. The number of aromatic nitrogens is 2. The monoisotopic (exact) mass is 446 g/mol. The number of piperidine rings is 1. The molecular formula is C21H26N4O5S. The Morgan fingerprint density at radius 3 is 2.71 bits per heavy atom. The molecule has 9 nitrogen and oxygen atoms in total. The highest BCUT2D eigenvalue weighted by atomic mass is 32.2. The molecule has 0 amide bonds. The van der Waals surface area contributed by atoms with Gasteiger partial charge in [-0.2, -0.15) is 4.31 Å². The molecule has 10 heteroatoms. The zero-order valence-electron chi connectivity index (χ0n) is 17.5. The number of benzene rings is 1. The Hall–Kier alpha value is -2.69. The van der Waals surface area contributed by atoms with Crippen molar-refractivity contribution < 1.29 is 17.9 Å². The van der Waals surface area contributed by atoms with E-state index in [4.69, 9.17) is 4.74 Å². The van der Waals surface area contributed by atoms with E-state index in [1.165, 1.54) is 22.6 Å². The number of nitrogens with one attached hydrogen (secondary N) is 3. The van der Waals surface area contributed by atoms with E-state index in [0.717, 1.165) is 25.9 Å². The quantitative estimate of drug-likeness (QED) is 0.497. The number of hydrogen-bond donors (Lipinski definition) is 3. The van der Waals surface area contributed by atoms with E-state index in [1.54, 1.807) is 13.1 Å². The van der Waals surface area contributed by atoms with E-state index in [2.05, 4.69) is 15.3 Å². The number of fused-ring (bicyclic) bond motifs is 3. The highest BCUT2D eigenvalue weighted by Gasteiger charge is 2.29. The molecule has 0 bridgehead atoms. The molecule has 166 valence electrons. The summed E-state index contributed by atoms with van der Waals surface area (Å²) >= 11 is 0. The molecule has 1 fully saturated rings. The molecular weight excluding hydrogens is 420 g/mol. The third kappa shape index (κ3) is 3.86. The molecule has 0 atom stereocenters. The highest BCUT2D eigenvalue weighted by Crippen LogP contribution is 2.29. The summed E-state index contributed by atoms with van der Waals surface area (Å²) in [5.74, 6) is -0.555. The second-order valence-corrected chi connectivity index (χ2v) is 9.75. The summed E-state index contributed by atoms with van der Waals surface area (Å²) in [6.45, 7) is 3.69. The molecule has 0 spiro atoms. The van der Waals surface area contributed by atoms with Crippen LogP contribution in [-0.2, 0) is 14.8 Å². The normalized spacial score (nSPS) is 15.7. The summed E-state index contributed by atoms with van der Waals surface area (Å²) < 4.78 is 33.3. The van der Waals surface area contributed by atoms with Crippen LogP contribution in [0.15, 0.2) is 34.1 Å². The van der Waals surface area contributed by atoms with Crippen LogP contribution in [0.1, 0.15) is 36.5 Å². The van der Waals surface area contributed by atoms with Crippen LogP contribution in [0.25, 0.3) is 21.8 Å². The van der Waals surface area contributed by atoms with E-state index in [0.29, 0.717) is 22.7 Å². The Morgan fingerprint density at radius 1 is 1.26 bits per heavy atom. The number of esters is 1. The van der Waals surface area contributed by atoms with Crippen LogP contribution in [0.2, 0.25) is 0 Å². The molecule has 3 N–H and O–H groups in total. The summed E-state index contributed by atoms with van der Waals surface area (Å²) in [4.78, 5) is 30.7. The van der Waals surface area contributed by atoms with Crippen LogP contribution in [-0.4, -0.2) is 61.4 Å². The topological polar surface area (TPSA) is 124 Å². The van der Waals surface area contributed by atoms with Gasteiger partial charge in [0, 0.05) is 35.6 Å². The van der Waals surface area contributed by atoms with Gasteiger partial charge >= 0.3 is 5.97 Å². The molecule has 3 heterocycles. The largest absolute Gasteiger partial charge is 0.462 e. The van der Waals surface area contributed by atoms with E-state index in [9.17, 15) is 18.0 Å². The summed E-state index contributed by atoms with van der Waals surface area (Å²) in [5.41, 5.74) is 0.475. The van der Waals surface area contributed by atoms with Gasteiger partial charge in [0.1, 0.15) is 5.52 Å². The van der Waals surface area contributed by atoms with Crippen LogP contribution in [0.3, 0.4) is 0 Å². The molecule has 0 saturated carbocycles. The third-order valence-electron chi connectivity index (χ3n) is 5.77. The van der Waals surface area contributed by atoms with Gasteiger partial charge in [0.15, 0.2) is 0 Å². The molecule has 2 aromatic heterocycles. The average Bonchev–Trinajstić information content (AvgIpc) is 3.23. The van der Waals surface area contributed by atoms with Gasteiger partial charge in [-0.05, 0) is 50.6 Å². The van der Waals surface area contributed by atoms with Gasteiger partial charge in [0.25, 0.3) is 5.56 Å². The number of carbonyl (C=O) groups excluding carboxylic acids is 1. The Kier molecular flexibility index (Phi) is 5.87. The molecule has 1 aliphatic rings. The second kappa shape index (κ2) is 8.45. The van der Waals surface area contributed by atoms with Gasteiger partial charge in [-0.1, -0.05) is 6.92 Å². The van der Waals surface area contributed by atoms with Gasteiger partial charge in [-0.3, -0.25) is 4.79 Å². The number of hydrogen-bond acceptors (Lipinski definition) is 6. The van der Waals surface area contributed by atoms with Crippen molar-refractivity contribution in [1.82, 2.24) is 19.6 Å². The van der Waals surface area contributed by atoms with Gasteiger partial charge < -0.3 is 20.0 Å². The highest BCUT2D eigenvalue weighted by molar-refractivity contribution is 7.89. The maximum Gasteiger partial charge on any atom is 0.340 e. The zero-order valence-corrected chi connectivity index (χ0v) is 18.3. The number of carbonyl (C=O) groups is 1. The molecule has 31 heavy (non-hydrogen) atoms. The lowest BCUT2D eigenvalue weighted by Crippen LogP contribution is -2.43. The predicted molar refractivity (Wildman–Crippen MR) is 118 cm³/mol. The van der Waals surface area contributed by atoms with Crippen LogP contribution < -0.4 is 10.9 Å². The van der Waals surface area contributed by atoms with Crippen LogP contribution in [0, 0.1) is 0 Å². The zero-order chi connectivity index (χ0) is 22.2. The molecule has 1 aliphatic heterocycles. The molecule has 3 aromatic rings. The number of ether oxygens (including phenoxy) is 1. The fourth-order valence-corrected chi connectivity index (χ4v) is 5.48. The number of H-pyrrole nitrogens is 2. The molecule has 1 aromatic carbocycles. The van der Waals surface area contributed by atoms with Crippen molar-refractivity contribution >= 4 is 37.8 Å². The number of nitrogens with zero attached hydrogens (tertiary/aromatic N) is 1. The van der Waals surface area contributed by atoms with Crippen molar-refractivity contribution in [3.63, 3.8) is 0 Å². The molecule has 0 unspecified atom stereocenters. The minimum absolute atomic E-state index is 0.0793. The fourth-order valence-electron chi connectivity index (χ4n) is 4.03. The summed E-state index contributed by atoms with van der Waals surface area (Å²) in [6.07, 6.45) is 3.58. The van der Waals surface area contributed by atoms with Crippen LogP contribution in [0.4, 0.5) is 0 Å². The molecule has 0 radical (unpaired) electrons. The van der Waals surface area contributed by atoms with E-state index >= 15 is 0 Å². The SMILES string of the molecule is CCCOC(=O)c1c[nH]c2c(=O)[nH]c3ccc(S(=O)(=O)N(C)C4CCNCC4)cc3c12. The van der Waals surface area contributed by atoms with E-state index in [-0.39, 0.29) is 34.2 Å². The van der Waals surface area contributed by atoms with Crippen LogP contribution >= 0.6 is 0 Å². The average molecular weight is 447 g/mol. The van der Waals surface area contributed by atoms with Crippen molar-refractivity contribution in [2.75, 3.05) is 26.7 Å².